The molecule has 2 heterocycles. The molecule has 0 bridgehead atoms. The van der Waals surface area contributed by atoms with E-state index in [1.54, 1.807) is 24.3 Å². The van der Waals surface area contributed by atoms with E-state index in [1.165, 1.54) is 18.3 Å². The molecular weight excluding hydrogens is 325 g/mol. The summed E-state index contributed by atoms with van der Waals surface area (Å²) in [6.07, 6.45) is 1.91. The fourth-order valence-electron chi connectivity index (χ4n) is 2.66. The highest BCUT2D eigenvalue weighted by Crippen LogP contribution is 2.22. The Labute approximate surface area is 143 Å². The van der Waals surface area contributed by atoms with Gasteiger partial charge in [-0.15, -0.1) is 0 Å². The summed E-state index contributed by atoms with van der Waals surface area (Å²) < 4.78 is 13.4. The van der Waals surface area contributed by atoms with Crippen LogP contribution in [0.3, 0.4) is 0 Å². The van der Waals surface area contributed by atoms with Gasteiger partial charge in [-0.1, -0.05) is 12.1 Å². The number of nitrogens with zero attached hydrogens (tertiary/aromatic N) is 2. The predicted octanol–water partition coefficient (Wildman–Crippen LogP) is 1.91. The molecule has 0 unspecified atom stereocenters. The summed E-state index contributed by atoms with van der Waals surface area (Å²) in [6, 6.07) is 9.39. The van der Waals surface area contributed by atoms with Gasteiger partial charge in [0.25, 0.3) is 11.8 Å². The lowest BCUT2D eigenvalue weighted by Crippen LogP contribution is -2.32. The van der Waals surface area contributed by atoms with Crippen molar-refractivity contribution in [1.82, 2.24) is 15.2 Å². The van der Waals surface area contributed by atoms with Crippen molar-refractivity contribution in [2.75, 3.05) is 6.54 Å². The number of pyridine rings is 1. The number of carbonyl (C=O) groups excluding carboxylic acids is 3. The van der Waals surface area contributed by atoms with E-state index in [4.69, 9.17) is 0 Å². The number of hydrogen-bond acceptors (Lipinski definition) is 4. The molecule has 0 saturated heterocycles. The lowest BCUT2D eigenvalue weighted by molar-refractivity contribution is -0.121. The van der Waals surface area contributed by atoms with Crippen LogP contribution < -0.4 is 5.32 Å². The van der Waals surface area contributed by atoms with Crippen LogP contribution in [0.1, 0.15) is 39.3 Å². The van der Waals surface area contributed by atoms with Gasteiger partial charge in [0.05, 0.1) is 23.4 Å². The Morgan fingerprint density at radius 3 is 2.40 bits per heavy atom. The topological polar surface area (TPSA) is 79.4 Å². The number of halogens is 1. The third-order valence-corrected chi connectivity index (χ3v) is 3.95. The van der Waals surface area contributed by atoms with E-state index in [2.05, 4.69) is 10.3 Å². The van der Waals surface area contributed by atoms with Crippen molar-refractivity contribution < 1.29 is 18.8 Å². The zero-order chi connectivity index (χ0) is 17.8. The maximum absolute atomic E-state index is 13.4. The van der Waals surface area contributed by atoms with Gasteiger partial charge in [0.2, 0.25) is 5.91 Å². The Morgan fingerprint density at radius 2 is 1.76 bits per heavy atom. The van der Waals surface area contributed by atoms with E-state index in [-0.39, 0.29) is 42.9 Å². The lowest BCUT2D eigenvalue weighted by atomic mass is 10.1. The largest absolute Gasteiger partial charge is 0.350 e. The molecule has 7 heteroatoms. The Morgan fingerprint density at radius 1 is 1.08 bits per heavy atom. The van der Waals surface area contributed by atoms with Crippen molar-refractivity contribution in [2.45, 2.75) is 19.4 Å². The fourth-order valence-corrected chi connectivity index (χ4v) is 2.66. The number of hydrogen-bond donors (Lipinski definition) is 1. The number of nitrogens with one attached hydrogen (secondary N) is 1. The second-order valence-electron chi connectivity index (χ2n) is 5.62. The third-order valence-electron chi connectivity index (χ3n) is 3.95. The van der Waals surface area contributed by atoms with Gasteiger partial charge in [-0.05, 0) is 30.7 Å². The average molecular weight is 341 g/mol. The van der Waals surface area contributed by atoms with Crippen LogP contribution in [0.5, 0.6) is 0 Å². The van der Waals surface area contributed by atoms with Crippen LogP contribution in [-0.2, 0) is 11.3 Å². The van der Waals surface area contributed by atoms with Gasteiger partial charge in [-0.3, -0.25) is 24.3 Å². The van der Waals surface area contributed by atoms with Crippen molar-refractivity contribution in [3.63, 3.8) is 0 Å². The molecule has 0 fully saturated rings. The average Bonchev–Trinajstić information content (AvgIpc) is 2.86. The highest BCUT2D eigenvalue weighted by molar-refractivity contribution is 6.21. The number of benzene rings is 1. The van der Waals surface area contributed by atoms with Crippen LogP contribution >= 0.6 is 0 Å². The third kappa shape index (κ3) is 3.55. The van der Waals surface area contributed by atoms with Crippen molar-refractivity contribution in [3.05, 3.63) is 65.2 Å². The standard InChI is InChI=1S/C18H16FN3O3/c19-14-7-3-9-20-15(14)11-21-16(23)8-4-10-22-17(24)12-5-1-2-6-13(12)18(22)25/h1-3,5-7,9H,4,8,10-11H2,(H,21,23). The van der Waals surface area contributed by atoms with Crippen LogP contribution in [0, 0.1) is 5.82 Å². The van der Waals surface area contributed by atoms with Gasteiger partial charge in [0.15, 0.2) is 0 Å². The van der Waals surface area contributed by atoms with E-state index in [0.717, 1.165) is 4.90 Å². The second-order valence-corrected chi connectivity index (χ2v) is 5.62. The first-order chi connectivity index (χ1) is 12.1. The highest BCUT2D eigenvalue weighted by atomic mass is 19.1. The van der Waals surface area contributed by atoms with Crippen LogP contribution in [0.15, 0.2) is 42.6 Å². The van der Waals surface area contributed by atoms with Gasteiger partial charge in [0.1, 0.15) is 5.82 Å². The van der Waals surface area contributed by atoms with Crippen LogP contribution in [-0.4, -0.2) is 34.2 Å². The van der Waals surface area contributed by atoms with Crippen LogP contribution in [0.2, 0.25) is 0 Å². The second kappa shape index (κ2) is 7.21. The normalized spacial score (nSPS) is 13.1. The predicted molar refractivity (Wildman–Crippen MR) is 87.1 cm³/mol. The van der Waals surface area contributed by atoms with E-state index in [1.807, 2.05) is 0 Å². The molecule has 0 aliphatic carbocycles. The van der Waals surface area contributed by atoms with Crippen molar-refractivity contribution in [3.8, 4) is 0 Å². The highest BCUT2D eigenvalue weighted by Gasteiger charge is 2.34. The molecule has 2 aromatic rings. The quantitative estimate of drug-likeness (QED) is 0.814. The van der Waals surface area contributed by atoms with Gasteiger partial charge >= 0.3 is 0 Å². The molecule has 1 aliphatic rings. The molecule has 128 valence electrons. The van der Waals surface area contributed by atoms with Gasteiger partial charge in [-0.2, -0.15) is 0 Å². The molecule has 25 heavy (non-hydrogen) atoms. The molecule has 3 rings (SSSR count). The summed E-state index contributed by atoms with van der Waals surface area (Å²) in [5, 5.41) is 2.57. The van der Waals surface area contributed by atoms with E-state index in [0.29, 0.717) is 17.5 Å². The molecule has 0 atom stereocenters. The number of fused-ring (bicyclic) bond motifs is 1. The van der Waals surface area contributed by atoms with Crippen LogP contribution in [0.25, 0.3) is 0 Å². The number of rotatable bonds is 6. The summed E-state index contributed by atoms with van der Waals surface area (Å²) in [4.78, 5) is 41.2. The number of imide groups is 1. The maximum atomic E-state index is 13.4. The molecule has 0 radical (unpaired) electrons. The Bertz CT molecular complexity index is 803. The molecule has 0 spiro atoms. The minimum Gasteiger partial charge on any atom is -0.350 e. The summed E-state index contributed by atoms with van der Waals surface area (Å²) in [7, 11) is 0. The molecule has 1 aromatic carbocycles. The number of carbonyl (C=O) groups is 3. The summed E-state index contributed by atoms with van der Waals surface area (Å²) in [5.74, 6) is -1.44. The van der Waals surface area contributed by atoms with Gasteiger partial charge in [0, 0.05) is 19.2 Å². The number of aromatic nitrogens is 1. The zero-order valence-electron chi connectivity index (χ0n) is 13.4. The molecule has 3 amide bonds. The summed E-state index contributed by atoms with van der Waals surface area (Å²) in [5.41, 5.74) is 0.946. The molecular formula is C18H16FN3O3. The molecule has 6 nitrogen and oxygen atoms in total. The maximum Gasteiger partial charge on any atom is 0.261 e. The molecule has 1 aromatic heterocycles. The van der Waals surface area contributed by atoms with Crippen molar-refractivity contribution >= 4 is 17.7 Å². The minimum atomic E-state index is -0.478. The zero-order valence-corrected chi connectivity index (χ0v) is 13.4. The molecule has 1 aliphatic heterocycles. The van der Waals surface area contributed by atoms with Crippen molar-refractivity contribution in [1.29, 1.82) is 0 Å². The first-order valence-electron chi connectivity index (χ1n) is 7.89. The van der Waals surface area contributed by atoms with E-state index in [9.17, 15) is 18.8 Å². The van der Waals surface area contributed by atoms with Gasteiger partial charge < -0.3 is 5.32 Å². The van der Waals surface area contributed by atoms with Gasteiger partial charge in [-0.25, -0.2) is 4.39 Å². The van der Waals surface area contributed by atoms with Crippen LogP contribution in [0.4, 0.5) is 4.39 Å². The monoisotopic (exact) mass is 341 g/mol. The Balaban J connectivity index is 1.47. The first-order valence-corrected chi connectivity index (χ1v) is 7.89. The van der Waals surface area contributed by atoms with E-state index < -0.39 is 5.82 Å². The SMILES string of the molecule is O=C(CCCN1C(=O)c2ccccc2C1=O)NCc1ncccc1F. The Hall–Kier alpha value is -3.09. The fraction of sp³-hybridized carbons (Fsp3) is 0.222. The van der Waals surface area contributed by atoms with E-state index >= 15 is 0 Å². The Kier molecular flexibility index (Phi) is 4.83. The lowest BCUT2D eigenvalue weighted by Gasteiger charge is -2.13. The summed E-state index contributed by atoms with van der Waals surface area (Å²) in [6.45, 7) is 0.163. The summed E-state index contributed by atoms with van der Waals surface area (Å²) >= 11 is 0. The molecule has 0 saturated carbocycles. The van der Waals surface area contributed by atoms with Crippen molar-refractivity contribution in [2.24, 2.45) is 0 Å². The smallest absolute Gasteiger partial charge is 0.261 e. The first kappa shape index (κ1) is 16.8. The minimum absolute atomic E-state index is 0.00146. The molecule has 1 N–H and O–H groups in total. The number of amides is 3.